The van der Waals surface area contributed by atoms with Crippen LogP contribution in [0.5, 0.6) is 0 Å². The molecule has 1 aromatic rings. The third-order valence-corrected chi connectivity index (χ3v) is 4.48. The molecule has 0 bridgehead atoms. The maximum atomic E-state index is 12.5. The van der Waals surface area contributed by atoms with Crippen molar-refractivity contribution in [1.82, 2.24) is 10.2 Å². The van der Waals surface area contributed by atoms with Gasteiger partial charge in [0, 0.05) is 17.8 Å². The lowest BCUT2D eigenvalue weighted by atomic mass is 10.0. The van der Waals surface area contributed by atoms with Crippen LogP contribution >= 0.6 is 11.3 Å². The maximum Gasteiger partial charge on any atom is 0.245 e. The number of rotatable bonds is 3. The van der Waals surface area contributed by atoms with Gasteiger partial charge in [0.15, 0.2) is 0 Å². The molecule has 0 aliphatic carbocycles. The van der Waals surface area contributed by atoms with Crippen LogP contribution in [0, 0.1) is 12.8 Å². The number of aryl methyl sites for hydroxylation is 1. The highest BCUT2D eigenvalue weighted by Gasteiger charge is 2.32. The number of carbonyl (C=O) groups is 2. The SMILES string of the molecule is Cc1ccsc1CN1CCC(=O)NC(C(C)C)C1=O. The molecule has 104 valence electrons. The molecular weight excluding hydrogens is 260 g/mol. The predicted octanol–water partition coefficient (Wildman–Crippen LogP) is 1.93. The summed E-state index contributed by atoms with van der Waals surface area (Å²) in [5.41, 5.74) is 1.21. The number of nitrogens with one attached hydrogen (secondary N) is 1. The molecule has 0 aromatic carbocycles. The Bertz CT molecular complexity index is 482. The number of carbonyl (C=O) groups excluding carboxylic acids is 2. The third-order valence-electron chi connectivity index (χ3n) is 3.47. The smallest absolute Gasteiger partial charge is 0.245 e. The van der Waals surface area contributed by atoms with Gasteiger partial charge in [-0.05, 0) is 29.9 Å². The zero-order chi connectivity index (χ0) is 14.0. The molecule has 1 N–H and O–H groups in total. The van der Waals surface area contributed by atoms with Crippen molar-refractivity contribution in [3.63, 3.8) is 0 Å². The fourth-order valence-electron chi connectivity index (χ4n) is 2.20. The largest absolute Gasteiger partial charge is 0.344 e. The van der Waals surface area contributed by atoms with Gasteiger partial charge < -0.3 is 10.2 Å². The molecule has 1 aliphatic heterocycles. The summed E-state index contributed by atoms with van der Waals surface area (Å²) in [6.45, 7) is 7.09. The van der Waals surface area contributed by atoms with Crippen molar-refractivity contribution >= 4 is 23.2 Å². The van der Waals surface area contributed by atoms with Crippen molar-refractivity contribution in [3.8, 4) is 0 Å². The monoisotopic (exact) mass is 280 g/mol. The molecule has 1 aromatic heterocycles. The van der Waals surface area contributed by atoms with E-state index in [1.54, 1.807) is 16.2 Å². The van der Waals surface area contributed by atoms with Crippen molar-refractivity contribution in [2.45, 2.75) is 39.8 Å². The topological polar surface area (TPSA) is 49.4 Å². The van der Waals surface area contributed by atoms with Crippen molar-refractivity contribution < 1.29 is 9.59 Å². The van der Waals surface area contributed by atoms with Gasteiger partial charge in [-0.15, -0.1) is 11.3 Å². The van der Waals surface area contributed by atoms with Crippen LogP contribution in [0.3, 0.4) is 0 Å². The van der Waals surface area contributed by atoms with Crippen molar-refractivity contribution in [1.29, 1.82) is 0 Å². The summed E-state index contributed by atoms with van der Waals surface area (Å²) in [7, 11) is 0. The van der Waals surface area contributed by atoms with E-state index < -0.39 is 6.04 Å². The van der Waals surface area contributed by atoms with E-state index in [-0.39, 0.29) is 17.7 Å². The molecular formula is C14H20N2O2S. The van der Waals surface area contributed by atoms with E-state index in [1.807, 2.05) is 19.2 Å². The number of thiophene rings is 1. The standard InChI is InChI=1S/C14H20N2O2S/c1-9(2)13-14(18)16(6-4-12(17)15-13)8-11-10(3)5-7-19-11/h5,7,9,13H,4,6,8H2,1-3H3,(H,15,17). The van der Waals surface area contributed by atoms with Crippen molar-refractivity contribution in [3.05, 3.63) is 21.9 Å². The van der Waals surface area contributed by atoms with Crippen LogP contribution in [0.15, 0.2) is 11.4 Å². The van der Waals surface area contributed by atoms with Gasteiger partial charge in [0.25, 0.3) is 0 Å². The molecule has 0 saturated carbocycles. The second-order valence-electron chi connectivity index (χ2n) is 5.33. The van der Waals surface area contributed by atoms with E-state index in [2.05, 4.69) is 18.3 Å². The minimum atomic E-state index is -0.393. The molecule has 1 fully saturated rings. The molecule has 5 heteroatoms. The Labute approximate surface area is 117 Å². The highest BCUT2D eigenvalue weighted by atomic mass is 32.1. The highest BCUT2D eigenvalue weighted by molar-refractivity contribution is 7.10. The van der Waals surface area contributed by atoms with Gasteiger partial charge in [-0.3, -0.25) is 9.59 Å². The first kappa shape index (κ1) is 14.1. The van der Waals surface area contributed by atoms with Gasteiger partial charge in [-0.25, -0.2) is 0 Å². The minimum Gasteiger partial charge on any atom is -0.344 e. The summed E-state index contributed by atoms with van der Waals surface area (Å²) in [6, 6.07) is 1.67. The number of hydrogen-bond acceptors (Lipinski definition) is 3. The molecule has 2 rings (SSSR count). The zero-order valence-electron chi connectivity index (χ0n) is 11.6. The summed E-state index contributed by atoms with van der Waals surface area (Å²) in [5, 5.41) is 4.86. The summed E-state index contributed by atoms with van der Waals surface area (Å²) >= 11 is 1.66. The average Bonchev–Trinajstić information content (AvgIpc) is 2.69. The van der Waals surface area contributed by atoms with E-state index in [4.69, 9.17) is 0 Å². The number of nitrogens with zero attached hydrogens (tertiary/aromatic N) is 1. The van der Waals surface area contributed by atoms with Gasteiger partial charge >= 0.3 is 0 Å². The number of hydrogen-bond donors (Lipinski definition) is 1. The Hall–Kier alpha value is -1.36. The fourth-order valence-corrected chi connectivity index (χ4v) is 3.12. The first-order chi connectivity index (χ1) is 8.99. The minimum absolute atomic E-state index is 0.0301. The quantitative estimate of drug-likeness (QED) is 0.919. The van der Waals surface area contributed by atoms with Crippen LogP contribution in [0.2, 0.25) is 0 Å². The van der Waals surface area contributed by atoms with Crippen LogP contribution < -0.4 is 5.32 Å². The zero-order valence-corrected chi connectivity index (χ0v) is 12.4. The summed E-state index contributed by atoms with van der Waals surface area (Å²) in [5.74, 6) is 0.118. The predicted molar refractivity (Wildman–Crippen MR) is 75.9 cm³/mol. The molecule has 4 nitrogen and oxygen atoms in total. The van der Waals surface area contributed by atoms with E-state index in [1.165, 1.54) is 10.4 Å². The Morgan fingerprint density at radius 1 is 1.47 bits per heavy atom. The lowest BCUT2D eigenvalue weighted by molar-refractivity contribution is -0.135. The highest BCUT2D eigenvalue weighted by Crippen LogP contribution is 2.20. The molecule has 1 saturated heterocycles. The van der Waals surface area contributed by atoms with Crippen LogP contribution in [0.25, 0.3) is 0 Å². The third kappa shape index (κ3) is 3.15. The van der Waals surface area contributed by atoms with Crippen LogP contribution in [0.1, 0.15) is 30.7 Å². The lowest BCUT2D eigenvalue weighted by Gasteiger charge is -2.25. The van der Waals surface area contributed by atoms with Gasteiger partial charge in [0.2, 0.25) is 11.8 Å². The van der Waals surface area contributed by atoms with E-state index >= 15 is 0 Å². The summed E-state index contributed by atoms with van der Waals surface area (Å²) in [4.78, 5) is 27.2. The Morgan fingerprint density at radius 3 is 2.79 bits per heavy atom. The van der Waals surface area contributed by atoms with Gasteiger partial charge in [-0.1, -0.05) is 13.8 Å². The molecule has 0 radical (unpaired) electrons. The molecule has 2 heterocycles. The molecule has 19 heavy (non-hydrogen) atoms. The molecule has 2 amide bonds. The Balaban J connectivity index is 2.17. The summed E-state index contributed by atoms with van der Waals surface area (Å²) in [6.07, 6.45) is 0.388. The van der Waals surface area contributed by atoms with Gasteiger partial charge in [-0.2, -0.15) is 0 Å². The van der Waals surface area contributed by atoms with Crippen LogP contribution in [0.4, 0.5) is 0 Å². The van der Waals surface area contributed by atoms with E-state index in [9.17, 15) is 9.59 Å². The summed E-state index contributed by atoms with van der Waals surface area (Å²) < 4.78 is 0. The first-order valence-electron chi connectivity index (χ1n) is 6.60. The van der Waals surface area contributed by atoms with Crippen molar-refractivity contribution in [2.75, 3.05) is 6.54 Å². The molecule has 0 spiro atoms. The second-order valence-corrected chi connectivity index (χ2v) is 6.33. The Morgan fingerprint density at radius 2 is 2.21 bits per heavy atom. The molecule has 1 aliphatic rings. The van der Waals surface area contributed by atoms with E-state index in [0.717, 1.165) is 0 Å². The maximum absolute atomic E-state index is 12.5. The fraction of sp³-hybridized carbons (Fsp3) is 0.571. The van der Waals surface area contributed by atoms with E-state index in [0.29, 0.717) is 19.5 Å². The average molecular weight is 280 g/mol. The van der Waals surface area contributed by atoms with Gasteiger partial charge in [0.1, 0.15) is 6.04 Å². The van der Waals surface area contributed by atoms with Crippen LogP contribution in [-0.4, -0.2) is 29.3 Å². The molecule has 1 atom stereocenters. The molecule has 1 unspecified atom stereocenters. The van der Waals surface area contributed by atoms with Crippen LogP contribution in [-0.2, 0) is 16.1 Å². The lowest BCUT2D eigenvalue weighted by Crippen LogP contribution is -2.47. The van der Waals surface area contributed by atoms with Crippen molar-refractivity contribution in [2.24, 2.45) is 5.92 Å². The van der Waals surface area contributed by atoms with Gasteiger partial charge in [0.05, 0.1) is 6.54 Å². The second kappa shape index (κ2) is 5.74. The first-order valence-corrected chi connectivity index (χ1v) is 7.48. The Kier molecular flexibility index (Phi) is 4.24. The normalized spacial score (nSPS) is 20.6. The number of amides is 2.